The lowest BCUT2D eigenvalue weighted by Gasteiger charge is -2.19. The molecule has 1 fully saturated rings. The first-order chi connectivity index (χ1) is 9.13. The van der Waals surface area contributed by atoms with Gasteiger partial charge in [0, 0.05) is 6.04 Å². The van der Waals surface area contributed by atoms with E-state index in [1.807, 2.05) is 0 Å². The first kappa shape index (κ1) is 13.9. The molecule has 1 aromatic heterocycles. The third-order valence-corrected chi connectivity index (χ3v) is 4.06. The highest BCUT2D eigenvalue weighted by molar-refractivity contribution is 5.97. The summed E-state index contributed by atoms with van der Waals surface area (Å²) in [6.45, 7) is 4.14. The number of amides is 1. The number of nitrogens with two attached hydrogens (primary N) is 1. The Morgan fingerprint density at radius 3 is 2.84 bits per heavy atom. The van der Waals surface area contributed by atoms with Gasteiger partial charge in [-0.3, -0.25) is 9.89 Å². The molecule has 1 aliphatic rings. The second-order valence-corrected chi connectivity index (χ2v) is 5.52. The topological polar surface area (TPSA) is 83.8 Å². The van der Waals surface area contributed by atoms with Gasteiger partial charge in [0.25, 0.3) is 5.91 Å². The molecule has 0 bridgehead atoms. The Kier molecular flexibility index (Phi) is 4.45. The molecule has 1 saturated carbocycles. The summed E-state index contributed by atoms with van der Waals surface area (Å²) >= 11 is 0. The maximum atomic E-state index is 12.2. The van der Waals surface area contributed by atoms with Gasteiger partial charge < -0.3 is 11.1 Å². The Bertz CT molecular complexity index is 435. The maximum Gasteiger partial charge on any atom is 0.274 e. The van der Waals surface area contributed by atoms with Gasteiger partial charge in [-0.1, -0.05) is 26.2 Å². The molecule has 0 saturated heterocycles. The molecule has 1 aromatic rings. The summed E-state index contributed by atoms with van der Waals surface area (Å²) in [5, 5.41) is 9.95. The summed E-state index contributed by atoms with van der Waals surface area (Å²) in [5.41, 5.74) is 7.67. The quantitative estimate of drug-likeness (QED) is 0.762. The Hall–Kier alpha value is -1.52. The monoisotopic (exact) mass is 264 g/mol. The van der Waals surface area contributed by atoms with Crippen LogP contribution in [0, 0.1) is 5.92 Å². The van der Waals surface area contributed by atoms with Crippen LogP contribution in [0.2, 0.25) is 0 Å². The number of nitrogen functional groups attached to an aromatic ring is 1. The van der Waals surface area contributed by atoms with Crippen molar-refractivity contribution in [3.63, 3.8) is 0 Å². The Balaban J connectivity index is 1.99. The minimum absolute atomic E-state index is 0.157. The van der Waals surface area contributed by atoms with Crippen molar-refractivity contribution in [3.8, 4) is 0 Å². The van der Waals surface area contributed by atoms with Crippen LogP contribution in [0.25, 0.3) is 0 Å². The first-order valence-electron chi connectivity index (χ1n) is 7.27. The Morgan fingerprint density at radius 1 is 1.53 bits per heavy atom. The summed E-state index contributed by atoms with van der Waals surface area (Å²) in [4.78, 5) is 12.2. The molecule has 1 aliphatic carbocycles. The number of hydrogen-bond donors (Lipinski definition) is 3. The van der Waals surface area contributed by atoms with Crippen LogP contribution in [0.15, 0.2) is 0 Å². The van der Waals surface area contributed by atoms with Gasteiger partial charge in [0.2, 0.25) is 0 Å². The number of aryl methyl sites for hydroxylation is 1. The first-order valence-corrected chi connectivity index (χ1v) is 7.27. The van der Waals surface area contributed by atoms with Crippen LogP contribution < -0.4 is 11.1 Å². The third-order valence-electron chi connectivity index (χ3n) is 4.06. The molecule has 5 nitrogen and oxygen atoms in total. The lowest BCUT2D eigenvalue weighted by molar-refractivity contribution is 0.0923. The smallest absolute Gasteiger partial charge is 0.274 e. The summed E-state index contributed by atoms with van der Waals surface area (Å²) in [5.74, 6) is 0.440. The minimum atomic E-state index is -0.157. The molecule has 0 spiro atoms. The number of carbonyl (C=O) groups excluding carboxylic acids is 1. The van der Waals surface area contributed by atoms with E-state index in [1.54, 1.807) is 0 Å². The van der Waals surface area contributed by atoms with Gasteiger partial charge in [-0.25, -0.2) is 0 Å². The van der Waals surface area contributed by atoms with Crippen LogP contribution in [0.5, 0.6) is 0 Å². The standard InChI is InChI=1S/C14H24N4O/c1-3-6-11-12(15)13(18-17-11)14(19)16-9(2)10-7-4-5-8-10/h9-10H,3-8,15H2,1-2H3,(H,16,19)(H,17,18). The van der Waals surface area contributed by atoms with Gasteiger partial charge in [0.1, 0.15) is 0 Å². The molecular weight excluding hydrogens is 240 g/mol. The van der Waals surface area contributed by atoms with Crippen molar-refractivity contribution in [2.45, 2.75) is 58.4 Å². The molecule has 0 aliphatic heterocycles. The van der Waals surface area contributed by atoms with E-state index in [0.717, 1.165) is 18.5 Å². The molecule has 1 amide bonds. The predicted molar refractivity (Wildman–Crippen MR) is 75.9 cm³/mol. The number of aromatic amines is 1. The Morgan fingerprint density at radius 2 is 2.21 bits per heavy atom. The molecule has 1 heterocycles. The van der Waals surface area contributed by atoms with Crippen LogP contribution in [-0.2, 0) is 6.42 Å². The molecule has 19 heavy (non-hydrogen) atoms. The van der Waals surface area contributed by atoms with Gasteiger partial charge in [-0.15, -0.1) is 0 Å². The molecule has 2 rings (SSSR count). The highest BCUT2D eigenvalue weighted by Gasteiger charge is 2.25. The highest BCUT2D eigenvalue weighted by atomic mass is 16.2. The molecule has 1 atom stereocenters. The summed E-state index contributed by atoms with van der Waals surface area (Å²) < 4.78 is 0. The molecule has 106 valence electrons. The maximum absolute atomic E-state index is 12.2. The van der Waals surface area contributed by atoms with Gasteiger partial charge in [0.15, 0.2) is 5.69 Å². The van der Waals surface area contributed by atoms with Crippen molar-refractivity contribution < 1.29 is 4.79 Å². The SMILES string of the molecule is CCCc1[nH]nc(C(=O)NC(C)C2CCCC2)c1N. The zero-order chi connectivity index (χ0) is 13.8. The van der Waals surface area contributed by atoms with E-state index >= 15 is 0 Å². The fraction of sp³-hybridized carbons (Fsp3) is 0.714. The number of nitrogens with zero attached hydrogens (tertiary/aromatic N) is 1. The van der Waals surface area contributed by atoms with Gasteiger partial charge >= 0.3 is 0 Å². The molecule has 0 aromatic carbocycles. The molecular formula is C14H24N4O. The molecule has 5 heteroatoms. The van der Waals surface area contributed by atoms with Crippen LogP contribution in [0.3, 0.4) is 0 Å². The van der Waals surface area contributed by atoms with Crippen LogP contribution in [0.1, 0.15) is 62.1 Å². The molecule has 0 radical (unpaired) electrons. The van der Waals surface area contributed by atoms with Crippen molar-refractivity contribution in [3.05, 3.63) is 11.4 Å². The van der Waals surface area contributed by atoms with E-state index in [2.05, 4.69) is 29.4 Å². The fourth-order valence-electron chi connectivity index (χ4n) is 2.85. The number of H-pyrrole nitrogens is 1. The largest absolute Gasteiger partial charge is 0.395 e. The van der Waals surface area contributed by atoms with Gasteiger partial charge in [-0.2, -0.15) is 5.10 Å². The second-order valence-electron chi connectivity index (χ2n) is 5.52. The van der Waals surface area contributed by atoms with E-state index < -0.39 is 0 Å². The number of aromatic nitrogens is 2. The normalized spacial score (nSPS) is 17.6. The highest BCUT2D eigenvalue weighted by Crippen LogP contribution is 2.27. The number of hydrogen-bond acceptors (Lipinski definition) is 3. The van der Waals surface area contributed by atoms with Crippen molar-refractivity contribution in [1.29, 1.82) is 0 Å². The second kappa shape index (κ2) is 6.08. The molecule has 1 unspecified atom stereocenters. The van der Waals surface area contributed by atoms with Crippen molar-refractivity contribution in [2.24, 2.45) is 5.92 Å². The zero-order valence-corrected chi connectivity index (χ0v) is 11.8. The van der Waals surface area contributed by atoms with E-state index in [4.69, 9.17) is 5.73 Å². The number of nitrogens with one attached hydrogen (secondary N) is 2. The lowest BCUT2D eigenvalue weighted by Crippen LogP contribution is -2.37. The summed E-state index contributed by atoms with van der Waals surface area (Å²) in [7, 11) is 0. The average Bonchev–Trinajstić information content (AvgIpc) is 3.01. The van der Waals surface area contributed by atoms with E-state index in [-0.39, 0.29) is 11.9 Å². The lowest BCUT2D eigenvalue weighted by atomic mass is 10.00. The number of rotatable bonds is 5. The summed E-state index contributed by atoms with van der Waals surface area (Å²) in [6, 6.07) is 0.195. The predicted octanol–water partition coefficient (Wildman–Crippen LogP) is 2.25. The average molecular weight is 264 g/mol. The van der Waals surface area contributed by atoms with Crippen molar-refractivity contribution >= 4 is 11.6 Å². The third kappa shape index (κ3) is 3.08. The van der Waals surface area contributed by atoms with E-state index in [9.17, 15) is 4.79 Å². The van der Waals surface area contributed by atoms with E-state index in [1.165, 1.54) is 25.7 Å². The molecule has 4 N–H and O–H groups in total. The van der Waals surface area contributed by atoms with Gasteiger partial charge in [0.05, 0.1) is 11.4 Å². The minimum Gasteiger partial charge on any atom is -0.395 e. The van der Waals surface area contributed by atoms with Crippen LogP contribution >= 0.6 is 0 Å². The Labute approximate surface area is 114 Å². The van der Waals surface area contributed by atoms with Crippen molar-refractivity contribution in [1.82, 2.24) is 15.5 Å². The van der Waals surface area contributed by atoms with Crippen LogP contribution in [0.4, 0.5) is 5.69 Å². The van der Waals surface area contributed by atoms with Crippen LogP contribution in [-0.4, -0.2) is 22.1 Å². The number of anilines is 1. The van der Waals surface area contributed by atoms with Gasteiger partial charge in [-0.05, 0) is 32.1 Å². The van der Waals surface area contributed by atoms with Crippen molar-refractivity contribution in [2.75, 3.05) is 5.73 Å². The zero-order valence-electron chi connectivity index (χ0n) is 11.8. The summed E-state index contributed by atoms with van der Waals surface area (Å²) in [6.07, 6.45) is 6.76. The number of carbonyl (C=O) groups is 1. The fourth-order valence-corrected chi connectivity index (χ4v) is 2.85. The van der Waals surface area contributed by atoms with E-state index in [0.29, 0.717) is 17.3 Å².